The number of benzene rings is 1. The first-order chi connectivity index (χ1) is 11.4. The molecule has 6 heteroatoms. The van der Waals surface area contributed by atoms with E-state index in [4.69, 9.17) is 0 Å². The van der Waals surface area contributed by atoms with Gasteiger partial charge in [-0.3, -0.25) is 4.79 Å². The molecule has 1 fully saturated rings. The molecule has 0 saturated carbocycles. The van der Waals surface area contributed by atoms with Gasteiger partial charge in [-0.25, -0.2) is 8.42 Å². The molecule has 24 heavy (non-hydrogen) atoms. The van der Waals surface area contributed by atoms with Gasteiger partial charge in [0.2, 0.25) is 5.91 Å². The molecule has 1 aliphatic rings. The van der Waals surface area contributed by atoms with E-state index >= 15 is 0 Å². The average Bonchev–Trinajstić information content (AvgIpc) is 3.05. The molecule has 1 saturated heterocycles. The summed E-state index contributed by atoms with van der Waals surface area (Å²) >= 11 is 0. The number of nitrogens with one attached hydrogen (secondary N) is 1. The minimum Gasteiger partial charge on any atom is -0.352 e. The summed E-state index contributed by atoms with van der Waals surface area (Å²) in [5.74, 6) is 0.184. The number of hydrogen-bond donors (Lipinski definition) is 1. The first-order valence-corrected chi connectivity index (χ1v) is 10.3. The van der Waals surface area contributed by atoms with Gasteiger partial charge in [0.15, 0.2) is 9.84 Å². The van der Waals surface area contributed by atoms with Gasteiger partial charge in [-0.15, -0.1) is 0 Å². The van der Waals surface area contributed by atoms with Gasteiger partial charge in [-0.2, -0.15) is 0 Å². The van der Waals surface area contributed by atoms with Crippen molar-refractivity contribution in [3.63, 3.8) is 0 Å². The van der Waals surface area contributed by atoms with E-state index in [1.165, 1.54) is 10.9 Å². The number of sulfone groups is 1. The van der Waals surface area contributed by atoms with E-state index < -0.39 is 9.84 Å². The van der Waals surface area contributed by atoms with Gasteiger partial charge in [0, 0.05) is 35.6 Å². The highest BCUT2D eigenvalue weighted by Gasteiger charge is 2.28. The van der Waals surface area contributed by atoms with E-state index in [-0.39, 0.29) is 23.5 Å². The molecule has 5 nitrogen and oxygen atoms in total. The number of hydrogen-bond acceptors (Lipinski definition) is 3. The maximum absolute atomic E-state index is 12.1. The lowest BCUT2D eigenvalue weighted by Gasteiger charge is -2.10. The van der Waals surface area contributed by atoms with Crippen LogP contribution in [0, 0.1) is 0 Å². The molecule has 0 spiro atoms. The van der Waals surface area contributed by atoms with Crippen LogP contribution in [0.2, 0.25) is 0 Å². The van der Waals surface area contributed by atoms with Crippen molar-refractivity contribution in [3.05, 3.63) is 36.0 Å². The summed E-state index contributed by atoms with van der Waals surface area (Å²) in [7, 11) is -2.96. The predicted molar refractivity (Wildman–Crippen MR) is 95.8 cm³/mol. The Kier molecular flexibility index (Phi) is 4.67. The third-order valence-electron chi connectivity index (χ3n) is 4.60. The second-order valence-corrected chi connectivity index (χ2v) is 9.07. The Hall–Kier alpha value is -1.82. The zero-order chi connectivity index (χ0) is 17.3. The summed E-state index contributed by atoms with van der Waals surface area (Å²) in [6, 6.07) is 8.37. The minimum absolute atomic E-state index is 0.0709. The summed E-state index contributed by atoms with van der Waals surface area (Å²) in [6.45, 7) is 4.28. The predicted octanol–water partition coefficient (Wildman–Crippen LogP) is 2.46. The molecule has 2 heterocycles. The molecule has 0 bridgehead atoms. The van der Waals surface area contributed by atoms with Gasteiger partial charge >= 0.3 is 0 Å². The second-order valence-electron chi connectivity index (χ2n) is 6.84. The zero-order valence-corrected chi connectivity index (χ0v) is 15.0. The van der Waals surface area contributed by atoms with Crippen LogP contribution < -0.4 is 5.32 Å². The Balaban J connectivity index is 1.66. The lowest BCUT2D eigenvalue weighted by Crippen LogP contribution is -2.35. The molecule has 1 atom stereocenters. The molecular formula is C18H24N2O3S. The number of carbonyl (C=O) groups excluding carboxylic acids is 1. The number of nitrogens with zero attached hydrogens (tertiary/aromatic N) is 1. The largest absolute Gasteiger partial charge is 0.352 e. The number of aromatic nitrogens is 1. The SMILES string of the molecule is CC(C)n1cc(CCC(=O)N[C@H]2CCS(=O)(=O)C2)c2ccccc21. The number of carbonyl (C=O) groups is 1. The Morgan fingerprint density at radius 2 is 2.08 bits per heavy atom. The van der Waals surface area contributed by atoms with Crippen LogP contribution >= 0.6 is 0 Å². The Labute approximate surface area is 143 Å². The summed E-state index contributed by atoms with van der Waals surface area (Å²) in [5.41, 5.74) is 2.35. The Morgan fingerprint density at radius 3 is 2.75 bits per heavy atom. The first-order valence-electron chi connectivity index (χ1n) is 8.44. The number of aryl methyl sites for hydroxylation is 1. The van der Waals surface area contributed by atoms with E-state index in [0.29, 0.717) is 25.3 Å². The fourth-order valence-electron chi connectivity index (χ4n) is 3.36. The highest BCUT2D eigenvalue weighted by atomic mass is 32.2. The van der Waals surface area contributed by atoms with Crippen LogP contribution in [-0.4, -0.2) is 36.4 Å². The second kappa shape index (κ2) is 6.59. The zero-order valence-electron chi connectivity index (χ0n) is 14.2. The van der Waals surface area contributed by atoms with Crippen LogP contribution in [0.4, 0.5) is 0 Å². The van der Waals surface area contributed by atoms with Gasteiger partial charge in [0.1, 0.15) is 0 Å². The van der Waals surface area contributed by atoms with Crippen molar-refractivity contribution >= 4 is 26.6 Å². The molecule has 130 valence electrons. The lowest BCUT2D eigenvalue weighted by molar-refractivity contribution is -0.121. The maximum atomic E-state index is 12.1. The van der Waals surface area contributed by atoms with Crippen molar-refractivity contribution in [2.45, 2.75) is 45.2 Å². The highest BCUT2D eigenvalue weighted by molar-refractivity contribution is 7.91. The maximum Gasteiger partial charge on any atom is 0.220 e. The van der Waals surface area contributed by atoms with Gasteiger partial charge in [0.25, 0.3) is 0 Å². The molecule has 2 aromatic rings. The van der Waals surface area contributed by atoms with Crippen molar-refractivity contribution in [2.24, 2.45) is 0 Å². The quantitative estimate of drug-likeness (QED) is 0.902. The van der Waals surface area contributed by atoms with Crippen LogP contribution in [0.1, 0.15) is 38.3 Å². The summed E-state index contributed by atoms with van der Waals surface area (Å²) < 4.78 is 25.1. The smallest absolute Gasteiger partial charge is 0.220 e. The molecule has 1 N–H and O–H groups in total. The average molecular weight is 348 g/mol. The molecular weight excluding hydrogens is 324 g/mol. The number of amides is 1. The standard InChI is InChI=1S/C18H24N2O3S/c1-13(2)20-11-14(16-5-3-4-6-17(16)20)7-8-18(21)19-15-9-10-24(22,23)12-15/h3-6,11,13,15H,7-10,12H2,1-2H3,(H,19,21)/t15-/m0/s1. The molecule has 1 aromatic carbocycles. The van der Waals surface area contributed by atoms with Gasteiger partial charge in [0.05, 0.1) is 11.5 Å². The Morgan fingerprint density at radius 1 is 1.33 bits per heavy atom. The molecule has 0 aliphatic carbocycles. The van der Waals surface area contributed by atoms with E-state index in [2.05, 4.69) is 42.1 Å². The van der Waals surface area contributed by atoms with Crippen LogP contribution in [0.3, 0.4) is 0 Å². The fraction of sp³-hybridized carbons (Fsp3) is 0.500. The molecule has 1 aromatic heterocycles. The minimum atomic E-state index is -2.96. The number of fused-ring (bicyclic) bond motifs is 1. The van der Waals surface area contributed by atoms with Crippen molar-refractivity contribution < 1.29 is 13.2 Å². The van der Waals surface area contributed by atoms with E-state index in [1.807, 2.05) is 12.1 Å². The number of rotatable bonds is 5. The van der Waals surface area contributed by atoms with Crippen LogP contribution in [0.5, 0.6) is 0 Å². The van der Waals surface area contributed by atoms with Gasteiger partial charge in [-0.1, -0.05) is 18.2 Å². The molecule has 0 radical (unpaired) electrons. The first kappa shape index (κ1) is 17.0. The third kappa shape index (κ3) is 3.64. The fourth-order valence-corrected chi connectivity index (χ4v) is 5.03. The van der Waals surface area contributed by atoms with Crippen LogP contribution in [0.25, 0.3) is 10.9 Å². The monoisotopic (exact) mass is 348 g/mol. The topological polar surface area (TPSA) is 68.2 Å². The van der Waals surface area contributed by atoms with Crippen molar-refractivity contribution in [2.75, 3.05) is 11.5 Å². The van der Waals surface area contributed by atoms with Gasteiger partial charge in [-0.05, 0) is 38.3 Å². The Bertz CT molecular complexity index is 852. The summed E-state index contributed by atoms with van der Waals surface area (Å²) in [4.78, 5) is 12.1. The van der Waals surface area contributed by atoms with Crippen LogP contribution in [0.15, 0.2) is 30.5 Å². The van der Waals surface area contributed by atoms with Crippen molar-refractivity contribution in [1.29, 1.82) is 0 Å². The van der Waals surface area contributed by atoms with Crippen molar-refractivity contribution in [3.8, 4) is 0 Å². The highest BCUT2D eigenvalue weighted by Crippen LogP contribution is 2.25. The molecule has 1 amide bonds. The van der Waals surface area contributed by atoms with Crippen molar-refractivity contribution in [1.82, 2.24) is 9.88 Å². The molecule has 1 aliphatic heterocycles. The normalized spacial score (nSPS) is 19.9. The van der Waals surface area contributed by atoms with Crippen LogP contribution in [-0.2, 0) is 21.1 Å². The molecule has 0 unspecified atom stereocenters. The third-order valence-corrected chi connectivity index (χ3v) is 6.37. The molecule has 3 rings (SSSR count). The van der Waals surface area contributed by atoms with E-state index in [9.17, 15) is 13.2 Å². The van der Waals surface area contributed by atoms with Gasteiger partial charge < -0.3 is 9.88 Å². The van der Waals surface area contributed by atoms with E-state index in [1.54, 1.807) is 0 Å². The van der Waals surface area contributed by atoms with E-state index in [0.717, 1.165) is 5.56 Å². The number of para-hydroxylation sites is 1. The summed E-state index contributed by atoms with van der Waals surface area (Å²) in [5, 5.41) is 4.04. The lowest BCUT2D eigenvalue weighted by atomic mass is 10.1. The summed E-state index contributed by atoms with van der Waals surface area (Å²) in [6.07, 6.45) is 3.69.